The van der Waals surface area contributed by atoms with E-state index in [1.165, 1.54) is 0 Å². The molecule has 7 heteroatoms. The summed E-state index contributed by atoms with van der Waals surface area (Å²) < 4.78 is 0. The van der Waals surface area contributed by atoms with Gasteiger partial charge in [0.15, 0.2) is 0 Å². The third kappa shape index (κ3) is 4.52. The lowest BCUT2D eigenvalue weighted by Crippen LogP contribution is -2.52. The number of hydrogen-bond acceptors (Lipinski definition) is 0. The summed E-state index contributed by atoms with van der Waals surface area (Å²) in [5, 5.41) is -1.68. The predicted molar refractivity (Wildman–Crippen MR) is 85.5 cm³/mol. The largest absolute Gasteiger partial charge is 0.120 e. The van der Waals surface area contributed by atoms with Crippen LogP contribution in [-0.4, -0.2) is 32.3 Å². The average Bonchev–Trinajstić information content (AvgIpc) is 2.83. The molecule has 1 fully saturated rings. The molecule has 0 heterocycles. The predicted octanol–water partition coefficient (Wildman–Crippen LogP) is 5.71. The maximum atomic E-state index is 5.88. The molecule has 0 amide bonds. The standard InChI is InChI=1S/C6H6Cl6.C5H5Cl/c7-1-2(8)4(10)6(12)5(11)3(1)9;6-5-3-1-2-4-5/h1-6H;1-3H,4H2. The van der Waals surface area contributed by atoms with Gasteiger partial charge in [-0.2, -0.15) is 0 Å². The van der Waals surface area contributed by atoms with Gasteiger partial charge in [-0.25, -0.2) is 0 Å². The fraction of sp³-hybridized carbons (Fsp3) is 0.636. The topological polar surface area (TPSA) is 0 Å². The summed E-state index contributed by atoms with van der Waals surface area (Å²) in [6.45, 7) is 0. The molecule has 0 radical (unpaired) electrons. The fourth-order valence-corrected chi connectivity index (χ4v) is 3.96. The Morgan fingerprint density at radius 3 is 1.17 bits per heavy atom. The highest BCUT2D eigenvalue weighted by molar-refractivity contribution is 6.45. The van der Waals surface area contributed by atoms with Crippen LogP contribution in [0.2, 0.25) is 0 Å². The van der Waals surface area contributed by atoms with Gasteiger partial charge in [-0.1, -0.05) is 23.8 Å². The van der Waals surface area contributed by atoms with Crippen LogP contribution >= 0.6 is 81.2 Å². The van der Waals surface area contributed by atoms with Gasteiger partial charge in [0.05, 0.1) is 32.3 Å². The Labute approximate surface area is 142 Å². The zero-order valence-electron chi connectivity index (χ0n) is 9.05. The first kappa shape index (κ1) is 17.6. The van der Waals surface area contributed by atoms with Crippen molar-refractivity contribution in [2.24, 2.45) is 0 Å². The Hall–Kier alpha value is 1.51. The molecule has 18 heavy (non-hydrogen) atoms. The molecule has 104 valence electrons. The highest BCUT2D eigenvalue weighted by Crippen LogP contribution is 2.39. The monoisotopic (exact) mass is 388 g/mol. The van der Waals surface area contributed by atoms with Gasteiger partial charge in [-0.3, -0.25) is 0 Å². The number of allylic oxidation sites excluding steroid dienone is 4. The van der Waals surface area contributed by atoms with Crippen LogP contribution in [-0.2, 0) is 0 Å². The number of halogens is 7. The van der Waals surface area contributed by atoms with Crippen LogP contribution in [0.3, 0.4) is 0 Å². The second kappa shape index (κ2) is 8.08. The van der Waals surface area contributed by atoms with Crippen LogP contribution < -0.4 is 0 Å². The minimum atomic E-state index is -0.437. The summed E-state index contributed by atoms with van der Waals surface area (Å²) in [6, 6.07) is 0. The number of rotatable bonds is 0. The van der Waals surface area contributed by atoms with Gasteiger partial charge in [0, 0.05) is 11.5 Å². The van der Waals surface area contributed by atoms with Gasteiger partial charge in [-0.15, -0.1) is 69.6 Å². The molecular formula is C11H11Cl7. The molecule has 2 aliphatic carbocycles. The minimum Gasteiger partial charge on any atom is -0.120 e. The van der Waals surface area contributed by atoms with Crippen molar-refractivity contribution in [3.63, 3.8) is 0 Å². The van der Waals surface area contributed by atoms with E-state index in [2.05, 4.69) is 0 Å². The number of hydrogen-bond donors (Lipinski definition) is 0. The molecule has 0 aromatic rings. The summed E-state index contributed by atoms with van der Waals surface area (Å²) in [7, 11) is 0. The molecule has 2 aliphatic rings. The van der Waals surface area contributed by atoms with Crippen molar-refractivity contribution in [3.8, 4) is 0 Å². The first-order chi connectivity index (χ1) is 8.36. The molecule has 0 aromatic carbocycles. The lowest BCUT2D eigenvalue weighted by atomic mass is 9.97. The third-order valence-electron chi connectivity index (χ3n) is 2.55. The smallest absolute Gasteiger partial charge is 0.0693 e. The molecule has 0 spiro atoms. The molecule has 0 bridgehead atoms. The van der Waals surface area contributed by atoms with Gasteiger partial charge in [0.1, 0.15) is 0 Å². The maximum absolute atomic E-state index is 5.88. The summed E-state index contributed by atoms with van der Waals surface area (Å²) >= 11 is 40.8. The van der Waals surface area contributed by atoms with Crippen molar-refractivity contribution >= 4 is 81.2 Å². The van der Waals surface area contributed by atoms with Crippen LogP contribution in [0, 0.1) is 0 Å². The van der Waals surface area contributed by atoms with Crippen LogP contribution in [0.15, 0.2) is 23.3 Å². The summed E-state index contributed by atoms with van der Waals surface area (Å²) in [4.78, 5) is 0. The van der Waals surface area contributed by atoms with Gasteiger partial charge in [0.2, 0.25) is 0 Å². The van der Waals surface area contributed by atoms with Crippen LogP contribution in [0.5, 0.6) is 0 Å². The van der Waals surface area contributed by atoms with Crippen LogP contribution in [0.1, 0.15) is 6.42 Å². The van der Waals surface area contributed by atoms with Crippen molar-refractivity contribution in [1.29, 1.82) is 0 Å². The first-order valence-electron chi connectivity index (χ1n) is 5.22. The second-order valence-electron chi connectivity index (χ2n) is 3.91. The molecule has 0 unspecified atom stereocenters. The van der Waals surface area contributed by atoms with Crippen LogP contribution in [0.4, 0.5) is 0 Å². The third-order valence-corrected chi connectivity index (χ3v) is 6.86. The van der Waals surface area contributed by atoms with Crippen molar-refractivity contribution in [3.05, 3.63) is 23.3 Å². The molecule has 1 saturated carbocycles. The van der Waals surface area contributed by atoms with E-state index in [1.807, 2.05) is 18.2 Å². The van der Waals surface area contributed by atoms with E-state index < -0.39 is 32.3 Å². The molecule has 2 rings (SSSR count). The highest BCUT2D eigenvalue weighted by Gasteiger charge is 2.46. The zero-order chi connectivity index (χ0) is 13.9. The highest BCUT2D eigenvalue weighted by atomic mass is 35.5. The molecule has 0 saturated heterocycles. The number of alkyl halides is 6. The quantitative estimate of drug-likeness (QED) is 0.464. The molecule has 0 N–H and O–H groups in total. The summed E-state index contributed by atoms with van der Waals surface area (Å²) in [5.41, 5.74) is 0. The normalized spacial score (nSPS) is 43.2. The van der Waals surface area contributed by atoms with Crippen molar-refractivity contribution in [2.45, 2.75) is 38.7 Å². The van der Waals surface area contributed by atoms with Gasteiger partial charge < -0.3 is 0 Å². The lowest BCUT2D eigenvalue weighted by Gasteiger charge is -2.37. The zero-order valence-corrected chi connectivity index (χ0v) is 14.3. The Morgan fingerprint density at radius 2 is 1.06 bits per heavy atom. The van der Waals surface area contributed by atoms with Crippen molar-refractivity contribution in [2.75, 3.05) is 0 Å². The van der Waals surface area contributed by atoms with Gasteiger partial charge in [0.25, 0.3) is 0 Å². The Bertz CT molecular complexity index is 269. The lowest BCUT2D eigenvalue weighted by molar-refractivity contribution is 0.544. The second-order valence-corrected chi connectivity index (χ2v) is 7.42. The van der Waals surface area contributed by atoms with E-state index in [0.29, 0.717) is 0 Å². The average molecular weight is 391 g/mol. The molecular weight excluding hydrogens is 380 g/mol. The maximum Gasteiger partial charge on any atom is 0.0693 e. The van der Waals surface area contributed by atoms with Crippen LogP contribution in [0.25, 0.3) is 0 Å². The Morgan fingerprint density at radius 1 is 0.722 bits per heavy atom. The Kier molecular flexibility index (Phi) is 7.88. The Balaban J connectivity index is 0.000000225. The van der Waals surface area contributed by atoms with Crippen molar-refractivity contribution < 1.29 is 0 Å². The van der Waals surface area contributed by atoms with Crippen molar-refractivity contribution in [1.82, 2.24) is 0 Å². The molecule has 0 nitrogen and oxygen atoms in total. The van der Waals surface area contributed by atoms with E-state index in [-0.39, 0.29) is 0 Å². The SMILES string of the molecule is ClC1=CC=CC1.ClC1C(Cl)C(Cl)C(Cl)C(Cl)C1Cl. The summed E-state index contributed by atoms with van der Waals surface area (Å²) in [5.74, 6) is 0. The molecule has 0 aliphatic heterocycles. The van der Waals surface area contributed by atoms with E-state index in [4.69, 9.17) is 81.2 Å². The van der Waals surface area contributed by atoms with E-state index in [1.54, 1.807) is 0 Å². The van der Waals surface area contributed by atoms with E-state index in [0.717, 1.165) is 11.5 Å². The van der Waals surface area contributed by atoms with E-state index >= 15 is 0 Å². The molecule has 0 aromatic heterocycles. The minimum absolute atomic E-state index is 0.437. The van der Waals surface area contributed by atoms with Gasteiger partial charge >= 0.3 is 0 Å². The summed E-state index contributed by atoms with van der Waals surface area (Å²) in [6.07, 6.45) is 6.83. The first-order valence-corrected chi connectivity index (χ1v) is 8.21. The van der Waals surface area contributed by atoms with E-state index in [9.17, 15) is 0 Å². The van der Waals surface area contributed by atoms with Gasteiger partial charge in [-0.05, 0) is 6.08 Å². The molecule has 0 atom stereocenters. The fourth-order valence-electron chi connectivity index (χ4n) is 1.47.